The van der Waals surface area contributed by atoms with Gasteiger partial charge in [0.05, 0.1) is 17.3 Å². The Bertz CT molecular complexity index is 789. The van der Waals surface area contributed by atoms with E-state index in [2.05, 4.69) is 15.5 Å². The number of carbonyl (C=O) groups is 1. The number of para-hydroxylation sites is 1. The Morgan fingerprint density at radius 3 is 2.75 bits per heavy atom. The predicted molar refractivity (Wildman–Crippen MR) is 92.8 cm³/mol. The summed E-state index contributed by atoms with van der Waals surface area (Å²) >= 11 is 6.08. The molecule has 7 heteroatoms. The van der Waals surface area contributed by atoms with Crippen LogP contribution in [0, 0.1) is 13.8 Å². The van der Waals surface area contributed by atoms with Gasteiger partial charge in [0.2, 0.25) is 0 Å². The minimum absolute atomic E-state index is 0.0788. The molecule has 0 aliphatic heterocycles. The molecule has 6 nitrogen and oxygen atoms in total. The summed E-state index contributed by atoms with van der Waals surface area (Å²) in [4.78, 5) is 24.2. The summed E-state index contributed by atoms with van der Waals surface area (Å²) in [6.07, 6.45) is 0.423. The molecule has 1 aromatic heterocycles. The van der Waals surface area contributed by atoms with E-state index in [-0.39, 0.29) is 18.2 Å². The molecule has 128 valence electrons. The van der Waals surface area contributed by atoms with Crippen molar-refractivity contribution in [1.29, 1.82) is 0 Å². The van der Waals surface area contributed by atoms with Gasteiger partial charge in [0.15, 0.2) is 0 Å². The fourth-order valence-electron chi connectivity index (χ4n) is 2.18. The standard InChI is InChI=1S/C17H20ClN3O3/c1-4-12(24-14-8-6-5-7-13(14)18)9-19-16(22)15-10(2)11(3)20-21-17(15)23/h5-8,12H,4,9H2,1-3H3,(H,19,22)(H,21,23). The van der Waals surface area contributed by atoms with Gasteiger partial charge in [-0.25, -0.2) is 5.10 Å². The highest BCUT2D eigenvalue weighted by Crippen LogP contribution is 2.24. The van der Waals surface area contributed by atoms with Gasteiger partial charge in [-0.1, -0.05) is 30.7 Å². The van der Waals surface area contributed by atoms with Crippen molar-refractivity contribution in [3.8, 4) is 5.75 Å². The Morgan fingerprint density at radius 1 is 1.38 bits per heavy atom. The van der Waals surface area contributed by atoms with Crippen molar-refractivity contribution >= 4 is 17.5 Å². The zero-order valence-corrected chi connectivity index (χ0v) is 14.6. The monoisotopic (exact) mass is 349 g/mol. The summed E-state index contributed by atoms with van der Waals surface area (Å²) in [6, 6.07) is 7.16. The molecule has 0 aliphatic rings. The Morgan fingerprint density at radius 2 is 2.08 bits per heavy atom. The molecule has 2 aromatic rings. The summed E-state index contributed by atoms with van der Waals surface area (Å²) in [5.41, 5.74) is 0.751. The minimum atomic E-state index is -0.504. The first-order valence-corrected chi connectivity index (χ1v) is 8.07. The molecule has 1 aromatic carbocycles. The second-order valence-corrected chi connectivity index (χ2v) is 5.83. The van der Waals surface area contributed by atoms with Crippen molar-refractivity contribution in [3.63, 3.8) is 0 Å². The molecule has 0 radical (unpaired) electrons. The van der Waals surface area contributed by atoms with E-state index in [1.165, 1.54) is 0 Å². The van der Waals surface area contributed by atoms with Gasteiger partial charge in [0.1, 0.15) is 17.4 Å². The van der Waals surface area contributed by atoms with Crippen LogP contribution in [0.15, 0.2) is 29.1 Å². The maximum atomic E-state index is 12.3. The van der Waals surface area contributed by atoms with Crippen molar-refractivity contribution in [2.45, 2.75) is 33.3 Å². The van der Waals surface area contributed by atoms with Crippen LogP contribution in [0.5, 0.6) is 5.75 Å². The second-order valence-electron chi connectivity index (χ2n) is 5.43. The van der Waals surface area contributed by atoms with E-state index in [9.17, 15) is 9.59 Å². The summed E-state index contributed by atoms with van der Waals surface area (Å²) in [7, 11) is 0. The lowest BCUT2D eigenvalue weighted by Crippen LogP contribution is -2.38. The van der Waals surface area contributed by atoms with Gasteiger partial charge in [-0.2, -0.15) is 5.10 Å². The number of amides is 1. The molecule has 2 N–H and O–H groups in total. The average Bonchev–Trinajstić information content (AvgIpc) is 2.57. The zero-order chi connectivity index (χ0) is 17.7. The fourth-order valence-corrected chi connectivity index (χ4v) is 2.36. The summed E-state index contributed by atoms with van der Waals surface area (Å²) in [6.45, 7) is 5.64. The van der Waals surface area contributed by atoms with Crippen LogP contribution < -0.4 is 15.6 Å². The first kappa shape index (κ1) is 18.0. The van der Waals surface area contributed by atoms with Crippen LogP contribution in [0.2, 0.25) is 5.02 Å². The number of rotatable bonds is 6. The molecular formula is C17H20ClN3O3. The van der Waals surface area contributed by atoms with Crippen LogP contribution in [0.25, 0.3) is 0 Å². The molecule has 1 atom stereocenters. The van der Waals surface area contributed by atoms with Gasteiger partial charge in [0, 0.05) is 0 Å². The van der Waals surface area contributed by atoms with Crippen LogP contribution >= 0.6 is 11.6 Å². The van der Waals surface area contributed by atoms with Crippen LogP contribution in [0.3, 0.4) is 0 Å². The molecule has 24 heavy (non-hydrogen) atoms. The number of benzene rings is 1. The number of hydrogen-bond acceptors (Lipinski definition) is 4. The number of ether oxygens (including phenoxy) is 1. The van der Waals surface area contributed by atoms with Crippen molar-refractivity contribution in [1.82, 2.24) is 15.5 Å². The number of aryl methyl sites for hydroxylation is 1. The van der Waals surface area contributed by atoms with Crippen molar-refractivity contribution in [3.05, 3.63) is 56.5 Å². The number of hydrogen-bond donors (Lipinski definition) is 2. The maximum Gasteiger partial charge on any atom is 0.277 e. The molecule has 0 aliphatic carbocycles. The van der Waals surface area contributed by atoms with Crippen molar-refractivity contribution in [2.75, 3.05) is 6.54 Å². The second kappa shape index (κ2) is 7.97. The largest absolute Gasteiger partial charge is 0.487 e. The Kier molecular flexibility index (Phi) is 5.98. The number of aromatic nitrogens is 2. The molecule has 0 fully saturated rings. The van der Waals surface area contributed by atoms with Crippen LogP contribution in [0.1, 0.15) is 35.0 Å². The van der Waals surface area contributed by atoms with E-state index in [1.807, 2.05) is 19.1 Å². The zero-order valence-electron chi connectivity index (χ0n) is 13.9. The van der Waals surface area contributed by atoms with Gasteiger partial charge >= 0.3 is 0 Å². The number of nitrogens with one attached hydrogen (secondary N) is 2. The first-order valence-electron chi connectivity index (χ1n) is 7.69. The lowest BCUT2D eigenvalue weighted by Gasteiger charge is -2.19. The average molecular weight is 350 g/mol. The topological polar surface area (TPSA) is 84.1 Å². The Hall–Kier alpha value is -2.34. The number of nitrogens with zero attached hydrogens (tertiary/aromatic N) is 1. The smallest absolute Gasteiger partial charge is 0.277 e. The highest BCUT2D eigenvalue weighted by molar-refractivity contribution is 6.32. The quantitative estimate of drug-likeness (QED) is 0.839. The minimum Gasteiger partial charge on any atom is -0.487 e. The summed E-state index contributed by atoms with van der Waals surface area (Å²) in [5, 5.41) is 9.42. The lowest BCUT2D eigenvalue weighted by atomic mass is 10.1. The molecule has 0 saturated carbocycles. The third-order valence-corrected chi connectivity index (χ3v) is 4.09. The highest BCUT2D eigenvalue weighted by Gasteiger charge is 2.18. The van der Waals surface area contributed by atoms with E-state index >= 15 is 0 Å². The molecule has 0 spiro atoms. The Labute approximate surface area is 145 Å². The third-order valence-electron chi connectivity index (χ3n) is 3.77. The van der Waals surface area contributed by atoms with Crippen LogP contribution in [-0.2, 0) is 0 Å². The highest BCUT2D eigenvalue weighted by atomic mass is 35.5. The lowest BCUT2D eigenvalue weighted by molar-refractivity contribution is 0.0923. The number of H-pyrrole nitrogens is 1. The maximum absolute atomic E-state index is 12.3. The molecular weight excluding hydrogens is 330 g/mol. The molecule has 2 rings (SSSR count). The molecule has 1 heterocycles. The van der Waals surface area contributed by atoms with Gasteiger partial charge in [-0.15, -0.1) is 0 Å². The van der Waals surface area contributed by atoms with E-state index in [0.29, 0.717) is 28.5 Å². The first-order chi connectivity index (χ1) is 11.4. The summed E-state index contributed by atoms with van der Waals surface area (Å²) in [5.74, 6) is 0.120. The normalized spacial score (nSPS) is 11.8. The van der Waals surface area contributed by atoms with Crippen molar-refractivity contribution < 1.29 is 9.53 Å². The molecule has 1 amide bonds. The molecule has 0 bridgehead atoms. The van der Waals surface area contributed by atoms with E-state index < -0.39 is 11.5 Å². The summed E-state index contributed by atoms with van der Waals surface area (Å²) < 4.78 is 5.82. The predicted octanol–water partition coefficient (Wildman–Crippen LogP) is 2.63. The molecule has 0 saturated heterocycles. The van der Waals surface area contributed by atoms with Gasteiger partial charge in [0.25, 0.3) is 11.5 Å². The fraction of sp³-hybridized carbons (Fsp3) is 0.353. The number of aromatic amines is 1. The van der Waals surface area contributed by atoms with Crippen LogP contribution in [0.4, 0.5) is 0 Å². The van der Waals surface area contributed by atoms with E-state index in [0.717, 1.165) is 0 Å². The molecule has 1 unspecified atom stereocenters. The SMILES string of the molecule is CCC(CNC(=O)c1c(C)c(C)n[nH]c1=O)Oc1ccccc1Cl. The number of halogens is 1. The van der Waals surface area contributed by atoms with Gasteiger partial charge < -0.3 is 10.1 Å². The third kappa shape index (κ3) is 4.14. The van der Waals surface area contributed by atoms with Crippen LogP contribution in [-0.4, -0.2) is 28.8 Å². The van der Waals surface area contributed by atoms with E-state index in [1.54, 1.807) is 26.0 Å². The number of carbonyl (C=O) groups excluding carboxylic acids is 1. The van der Waals surface area contributed by atoms with Crippen molar-refractivity contribution in [2.24, 2.45) is 0 Å². The van der Waals surface area contributed by atoms with E-state index in [4.69, 9.17) is 16.3 Å². The Balaban J connectivity index is 2.06. The van der Waals surface area contributed by atoms with Gasteiger partial charge in [-0.3, -0.25) is 9.59 Å². The van der Waals surface area contributed by atoms with Gasteiger partial charge in [-0.05, 0) is 38.0 Å².